The van der Waals surface area contributed by atoms with Gasteiger partial charge >= 0.3 is 0 Å². The zero-order valence-electron chi connectivity index (χ0n) is 12.3. The van der Waals surface area contributed by atoms with Gasteiger partial charge in [-0.25, -0.2) is 0 Å². The van der Waals surface area contributed by atoms with Gasteiger partial charge in [-0.15, -0.1) is 0 Å². The summed E-state index contributed by atoms with van der Waals surface area (Å²) >= 11 is 0. The molecule has 0 amide bonds. The summed E-state index contributed by atoms with van der Waals surface area (Å²) in [6, 6.07) is 3.56. The number of nitro groups is 1. The molecule has 0 aliphatic carbocycles. The second kappa shape index (κ2) is 9.49. The summed E-state index contributed by atoms with van der Waals surface area (Å²) in [7, 11) is 0. The van der Waals surface area contributed by atoms with Crippen molar-refractivity contribution in [2.45, 2.75) is 27.7 Å². The molecule has 0 aromatic carbocycles. The van der Waals surface area contributed by atoms with Crippen molar-refractivity contribution >= 4 is 0 Å². The van der Waals surface area contributed by atoms with Gasteiger partial charge in [0.05, 0.1) is 11.1 Å². The van der Waals surface area contributed by atoms with Gasteiger partial charge in [0.1, 0.15) is 11.5 Å². The van der Waals surface area contributed by atoms with Gasteiger partial charge in [0.2, 0.25) is 0 Å². The third-order valence-corrected chi connectivity index (χ3v) is 2.08. The van der Waals surface area contributed by atoms with Crippen LogP contribution in [0, 0.1) is 17.0 Å². The number of allylic oxidation sites excluding steroid dienone is 3. The smallest absolute Gasteiger partial charge is 0.265 e. The maximum Gasteiger partial charge on any atom is 0.265 e. The molecule has 0 bridgehead atoms. The molecule has 5 nitrogen and oxygen atoms in total. The van der Waals surface area contributed by atoms with Crippen LogP contribution in [0.4, 0.5) is 0 Å². The lowest BCUT2D eigenvalue weighted by Gasteiger charge is -2.04. The number of ether oxygens (including phenoxy) is 1. The lowest BCUT2D eigenvalue weighted by atomic mass is 10.3. The third-order valence-electron chi connectivity index (χ3n) is 2.08. The van der Waals surface area contributed by atoms with Crippen molar-refractivity contribution in [1.29, 1.82) is 0 Å². The number of pyridine rings is 1. The van der Waals surface area contributed by atoms with Gasteiger partial charge in [-0.3, -0.25) is 15.1 Å². The van der Waals surface area contributed by atoms with Gasteiger partial charge in [0, 0.05) is 11.8 Å². The quantitative estimate of drug-likeness (QED) is 0.352. The van der Waals surface area contributed by atoms with E-state index in [0.29, 0.717) is 11.5 Å². The Bertz CT molecular complexity index is 502. The van der Waals surface area contributed by atoms with Crippen LogP contribution in [-0.2, 0) is 0 Å². The fourth-order valence-electron chi connectivity index (χ4n) is 1.14. The lowest BCUT2D eigenvalue weighted by Crippen LogP contribution is -1.96. The average molecular weight is 276 g/mol. The Morgan fingerprint density at radius 3 is 2.50 bits per heavy atom. The minimum atomic E-state index is -0.475. The summed E-state index contributed by atoms with van der Waals surface area (Å²) in [6.07, 6.45) is 5.75. The summed E-state index contributed by atoms with van der Waals surface area (Å²) in [5.74, 6) is 0.847. The third kappa shape index (κ3) is 6.49. The van der Waals surface area contributed by atoms with E-state index in [1.54, 1.807) is 25.3 Å². The fraction of sp³-hybridized carbons (Fsp3) is 0.267. The molecule has 0 radical (unpaired) electrons. The van der Waals surface area contributed by atoms with Gasteiger partial charge < -0.3 is 4.74 Å². The molecule has 0 saturated carbocycles. The number of rotatable bonds is 5. The number of nitrogens with zero attached hydrogens (tertiary/aromatic N) is 2. The average Bonchev–Trinajstić information content (AvgIpc) is 2.44. The highest BCUT2D eigenvalue weighted by Gasteiger charge is 2.03. The normalized spacial score (nSPS) is 10.7. The van der Waals surface area contributed by atoms with Crippen LogP contribution in [0.15, 0.2) is 54.6 Å². The summed E-state index contributed by atoms with van der Waals surface area (Å²) in [5, 5.41) is 10.5. The molecule has 0 unspecified atom stereocenters. The van der Waals surface area contributed by atoms with Crippen LogP contribution in [0.2, 0.25) is 0 Å². The van der Waals surface area contributed by atoms with E-state index in [0.717, 1.165) is 5.69 Å². The second-order valence-corrected chi connectivity index (χ2v) is 3.51. The molecule has 0 N–H and O–H groups in total. The Morgan fingerprint density at radius 1 is 1.40 bits per heavy atom. The maximum atomic E-state index is 10.5. The maximum absolute atomic E-state index is 10.5. The molecule has 1 heterocycles. The van der Waals surface area contributed by atoms with Crippen LogP contribution in [0.3, 0.4) is 0 Å². The number of aryl methyl sites for hydroxylation is 1. The van der Waals surface area contributed by atoms with Gasteiger partial charge in [-0.2, -0.15) is 0 Å². The zero-order chi connectivity index (χ0) is 15.5. The van der Waals surface area contributed by atoms with Crippen molar-refractivity contribution in [3.63, 3.8) is 0 Å². The Morgan fingerprint density at radius 2 is 2.05 bits per heavy atom. The first-order valence-electron chi connectivity index (χ1n) is 6.31. The molecule has 0 atom stereocenters. The van der Waals surface area contributed by atoms with Crippen molar-refractivity contribution in [3.8, 4) is 5.75 Å². The minimum Gasteiger partial charge on any atom is -0.456 e. The lowest BCUT2D eigenvalue weighted by molar-refractivity contribution is -0.419. The van der Waals surface area contributed by atoms with Crippen LogP contribution in [0.1, 0.15) is 26.5 Å². The molecule has 20 heavy (non-hydrogen) atoms. The van der Waals surface area contributed by atoms with E-state index >= 15 is 0 Å². The van der Waals surface area contributed by atoms with E-state index in [1.807, 2.05) is 20.8 Å². The molecule has 5 heteroatoms. The van der Waals surface area contributed by atoms with Crippen LogP contribution < -0.4 is 4.74 Å². The first-order valence-corrected chi connectivity index (χ1v) is 6.31. The predicted molar refractivity (Wildman–Crippen MR) is 80.0 cm³/mol. The molecule has 0 aliphatic rings. The van der Waals surface area contributed by atoms with Crippen molar-refractivity contribution in [2.24, 2.45) is 0 Å². The monoisotopic (exact) mass is 276 g/mol. The molecule has 0 saturated heterocycles. The fourth-order valence-corrected chi connectivity index (χ4v) is 1.14. The SMILES string of the molecule is C=C(/C=C\C(=C/C)[N+](=O)[O-])Oc1ccc(C)nc1.CC. The van der Waals surface area contributed by atoms with Crippen LogP contribution in [-0.4, -0.2) is 9.91 Å². The van der Waals surface area contributed by atoms with E-state index < -0.39 is 4.92 Å². The number of hydrogen-bond acceptors (Lipinski definition) is 4. The Labute approximate surface area is 119 Å². The molecule has 1 aromatic rings. The van der Waals surface area contributed by atoms with Gasteiger partial charge in [0.15, 0.2) is 0 Å². The molecule has 108 valence electrons. The van der Waals surface area contributed by atoms with Crippen LogP contribution in [0.25, 0.3) is 0 Å². The molecule has 0 spiro atoms. The Hall–Kier alpha value is -2.43. The highest BCUT2D eigenvalue weighted by atomic mass is 16.6. The van der Waals surface area contributed by atoms with Crippen molar-refractivity contribution in [1.82, 2.24) is 4.98 Å². The van der Waals surface area contributed by atoms with Gasteiger partial charge in [-0.05, 0) is 38.1 Å². The first-order chi connectivity index (χ1) is 9.52. The van der Waals surface area contributed by atoms with Crippen molar-refractivity contribution in [2.75, 3.05) is 0 Å². The molecular weight excluding hydrogens is 256 g/mol. The predicted octanol–water partition coefficient (Wildman–Crippen LogP) is 4.05. The van der Waals surface area contributed by atoms with E-state index in [2.05, 4.69) is 11.6 Å². The van der Waals surface area contributed by atoms with Crippen LogP contribution in [0.5, 0.6) is 5.75 Å². The summed E-state index contributed by atoms with van der Waals surface area (Å²) in [4.78, 5) is 14.1. The van der Waals surface area contributed by atoms with E-state index in [-0.39, 0.29) is 5.70 Å². The zero-order valence-corrected chi connectivity index (χ0v) is 12.3. The molecular formula is C15H20N2O3. The van der Waals surface area contributed by atoms with Crippen molar-refractivity contribution < 1.29 is 9.66 Å². The van der Waals surface area contributed by atoms with Crippen LogP contribution >= 0.6 is 0 Å². The highest BCUT2D eigenvalue weighted by Crippen LogP contribution is 2.13. The topological polar surface area (TPSA) is 65.3 Å². The van der Waals surface area contributed by atoms with E-state index in [9.17, 15) is 10.1 Å². The summed E-state index contributed by atoms with van der Waals surface area (Å²) < 4.78 is 5.35. The van der Waals surface area contributed by atoms with Gasteiger partial charge in [-0.1, -0.05) is 20.4 Å². The molecule has 0 aliphatic heterocycles. The second-order valence-electron chi connectivity index (χ2n) is 3.51. The minimum absolute atomic E-state index is 0.0122. The van der Waals surface area contributed by atoms with Gasteiger partial charge in [0.25, 0.3) is 5.70 Å². The Balaban J connectivity index is 0.00000172. The molecule has 0 fully saturated rings. The standard InChI is InChI=1S/C13H14N2O3.C2H6/c1-4-12(15(16)17)7-6-11(3)18-13-8-5-10(2)14-9-13;1-2/h4-9H,3H2,1-2H3;1-2H3/b7-6-,12-4+;. The summed E-state index contributed by atoms with van der Waals surface area (Å²) in [5.41, 5.74) is 0.870. The Kier molecular flexibility index (Phi) is 8.34. The molecule has 1 rings (SSSR count). The van der Waals surface area contributed by atoms with E-state index in [4.69, 9.17) is 4.74 Å². The van der Waals surface area contributed by atoms with E-state index in [1.165, 1.54) is 18.2 Å². The number of aromatic nitrogens is 1. The van der Waals surface area contributed by atoms with Crippen molar-refractivity contribution in [3.05, 3.63) is 70.4 Å². The molecule has 1 aromatic heterocycles. The highest BCUT2D eigenvalue weighted by molar-refractivity contribution is 5.25. The number of hydrogen-bond donors (Lipinski definition) is 0. The first kappa shape index (κ1) is 17.6. The summed E-state index contributed by atoms with van der Waals surface area (Å²) in [6.45, 7) is 11.1. The largest absolute Gasteiger partial charge is 0.456 e.